The Hall–Kier alpha value is 0.420. The summed E-state index contributed by atoms with van der Waals surface area (Å²) >= 11 is 24.2. The zero-order chi connectivity index (χ0) is 13.3. The normalized spacial score (nSPS) is 14.4. The van der Waals surface area contributed by atoms with Gasteiger partial charge in [0.15, 0.2) is 5.78 Å². The molecule has 0 fully saturated rings. The van der Waals surface area contributed by atoms with Gasteiger partial charge in [-0.2, -0.15) is 0 Å². The Morgan fingerprint density at radius 1 is 1.17 bits per heavy atom. The lowest BCUT2D eigenvalue weighted by Crippen LogP contribution is -2.18. The van der Waals surface area contributed by atoms with E-state index in [4.69, 9.17) is 34.8 Å². The van der Waals surface area contributed by atoms with Crippen molar-refractivity contribution in [3.05, 3.63) is 42.1 Å². The number of rotatable bonds is 4. The average Bonchev–Trinajstić information content (AvgIpc) is 2.95. The van der Waals surface area contributed by atoms with E-state index in [-0.39, 0.29) is 5.78 Å². The Morgan fingerprint density at radius 3 is 2.39 bits per heavy atom. The minimum Gasteiger partial charge on any atom is -0.292 e. The summed E-state index contributed by atoms with van der Waals surface area (Å²) in [5, 5.41) is -1.34. The van der Waals surface area contributed by atoms with E-state index < -0.39 is 10.8 Å². The lowest BCUT2D eigenvalue weighted by Gasteiger charge is -2.12. The smallest absolute Gasteiger partial charge is 0.192 e. The van der Waals surface area contributed by atoms with Crippen molar-refractivity contribution >= 4 is 79.2 Å². The summed E-state index contributed by atoms with van der Waals surface area (Å²) in [5.41, 5.74) is 0. The topological polar surface area (TPSA) is 17.1 Å². The van der Waals surface area contributed by atoms with Crippen molar-refractivity contribution in [2.75, 3.05) is 0 Å². The second-order valence-corrected chi connectivity index (χ2v) is 8.56. The minimum atomic E-state index is -0.799. The fourth-order valence-corrected chi connectivity index (χ4v) is 4.51. The fourth-order valence-electron chi connectivity index (χ4n) is 1.34. The monoisotopic (exact) mass is 402 g/mol. The molecule has 18 heavy (non-hydrogen) atoms. The zero-order valence-corrected chi connectivity index (χ0v) is 14.2. The quantitative estimate of drug-likeness (QED) is 0.451. The first-order valence-electron chi connectivity index (χ1n) is 4.82. The van der Waals surface area contributed by atoms with E-state index in [1.54, 1.807) is 12.1 Å². The summed E-state index contributed by atoms with van der Waals surface area (Å²) in [7, 11) is 0. The zero-order valence-electron chi connectivity index (χ0n) is 8.70. The highest BCUT2D eigenvalue weighted by Crippen LogP contribution is 2.37. The van der Waals surface area contributed by atoms with Crippen LogP contribution in [0.1, 0.15) is 19.9 Å². The molecule has 0 aliphatic heterocycles. The van der Waals surface area contributed by atoms with E-state index in [9.17, 15) is 4.79 Å². The number of alkyl halides is 2. The molecule has 2 rings (SSSR count). The van der Waals surface area contributed by atoms with Crippen LogP contribution in [0.5, 0.6) is 0 Å². The molecule has 2 aromatic rings. The number of Topliss-reactive ketones (excluding diaryl/α,β-unsaturated/α-hetero) is 1. The molecule has 0 saturated carbocycles. The molecule has 0 spiro atoms. The summed E-state index contributed by atoms with van der Waals surface area (Å²) in [6, 6.07) is 7.08. The maximum absolute atomic E-state index is 12.1. The summed E-state index contributed by atoms with van der Waals surface area (Å²) in [5.74, 6) is -0.196. The Kier molecular flexibility index (Phi) is 5.14. The molecule has 96 valence electrons. The van der Waals surface area contributed by atoms with Gasteiger partial charge in [0.2, 0.25) is 0 Å². The number of hydrogen-bond acceptors (Lipinski definition) is 3. The van der Waals surface area contributed by atoms with Gasteiger partial charge in [0.05, 0.1) is 18.4 Å². The van der Waals surface area contributed by atoms with E-state index in [0.717, 1.165) is 8.66 Å². The highest BCUT2D eigenvalue weighted by molar-refractivity contribution is 9.11. The van der Waals surface area contributed by atoms with Crippen LogP contribution < -0.4 is 0 Å². The van der Waals surface area contributed by atoms with Crippen molar-refractivity contribution < 1.29 is 4.79 Å². The van der Waals surface area contributed by atoms with Gasteiger partial charge < -0.3 is 0 Å². The molecular weight excluding hydrogens is 399 g/mol. The third kappa shape index (κ3) is 3.30. The number of carbonyl (C=O) groups excluding carboxylic acids is 1. The third-order valence-corrected chi connectivity index (χ3v) is 6.34. The van der Waals surface area contributed by atoms with Crippen molar-refractivity contribution in [3.8, 4) is 0 Å². The van der Waals surface area contributed by atoms with Crippen LogP contribution in [0.3, 0.4) is 0 Å². The van der Waals surface area contributed by atoms with Crippen LogP contribution in [0, 0.1) is 0 Å². The number of hydrogen-bond donors (Lipinski definition) is 0. The SMILES string of the molecule is O=C(c1ccc(Cl)s1)[C@@H](Cl)[C@H](Cl)c1ccc(Br)s1. The first kappa shape index (κ1) is 14.8. The van der Waals surface area contributed by atoms with Crippen LogP contribution in [0.4, 0.5) is 0 Å². The summed E-state index contributed by atoms with van der Waals surface area (Å²) in [6.07, 6.45) is 0. The van der Waals surface area contributed by atoms with E-state index in [1.165, 1.54) is 22.7 Å². The predicted molar refractivity (Wildman–Crippen MR) is 83.9 cm³/mol. The van der Waals surface area contributed by atoms with Crippen molar-refractivity contribution in [1.29, 1.82) is 0 Å². The Bertz CT molecular complexity index is 566. The van der Waals surface area contributed by atoms with E-state index in [2.05, 4.69) is 15.9 Å². The van der Waals surface area contributed by atoms with Gasteiger partial charge in [-0.05, 0) is 40.2 Å². The second-order valence-electron chi connectivity index (χ2n) is 3.41. The van der Waals surface area contributed by atoms with Gasteiger partial charge in [-0.25, -0.2) is 0 Å². The summed E-state index contributed by atoms with van der Waals surface area (Å²) < 4.78 is 1.52. The predicted octanol–water partition coefficient (Wildman–Crippen LogP) is 6.00. The molecule has 0 aliphatic carbocycles. The molecule has 0 N–H and O–H groups in total. The second kappa shape index (κ2) is 6.25. The molecular formula is C11H6BrCl3OS2. The van der Waals surface area contributed by atoms with Gasteiger partial charge in [0.1, 0.15) is 5.38 Å². The third-order valence-electron chi connectivity index (χ3n) is 2.19. The van der Waals surface area contributed by atoms with Gasteiger partial charge in [-0.3, -0.25) is 4.79 Å². The molecule has 2 heterocycles. The largest absolute Gasteiger partial charge is 0.292 e. The average molecular weight is 405 g/mol. The molecule has 0 aromatic carbocycles. The van der Waals surface area contributed by atoms with E-state index in [1.807, 2.05) is 12.1 Å². The Morgan fingerprint density at radius 2 is 1.89 bits per heavy atom. The van der Waals surface area contributed by atoms with Crippen LogP contribution >= 0.6 is 73.4 Å². The van der Waals surface area contributed by atoms with Crippen molar-refractivity contribution in [2.45, 2.75) is 10.8 Å². The molecule has 2 aromatic heterocycles. The first-order valence-corrected chi connectivity index (χ1v) is 8.49. The van der Waals surface area contributed by atoms with E-state index in [0.29, 0.717) is 9.21 Å². The van der Waals surface area contributed by atoms with Crippen LogP contribution in [0.2, 0.25) is 4.34 Å². The van der Waals surface area contributed by atoms with Crippen LogP contribution in [0.15, 0.2) is 28.1 Å². The van der Waals surface area contributed by atoms with Crippen LogP contribution in [-0.4, -0.2) is 11.2 Å². The van der Waals surface area contributed by atoms with Crippen molar-refractivity contribution in [3.63, 3.8) is 0 Å². The molecule has 0 aliphatic rings. The molecule has 0 radical (unpaired) electrons. The van der Waals surface area contributed by atoms with Gasteiger partial charge >= 0.3 is 0 Å². The van der Waals surface area contributed by atoms with Gasteiger partial charge in [0.25, 0.3) is 0 Å². The van der Waals surface area contributed by atoms with Crippen LogP contribution in [-0.2, 0) is 0 Å². The molecule has 0 unspecified atom stereocenters. The molecule has 0 bridgehead atoms. The maximum Gasteiger partial charge on any atom is 0.192 e. The molecule has 2 atom stereocenters. The number of halogens is 4. The summed E-state index contributed by atoms with van der Waals surface area (Å²) in [4.78, 5) is 13.5. The summed E-state index contributed by atoms with van der Waals surface area (Å²) in [6.45, 7) is 0. The lowest BCUT2D eigenvalue weighted by molar-refractivity contribution is 0.0989. The molecule has 1 nitrogen and oxygen atoms in total. The molecule has 7 heteroatoms. The Labute approximate surface area is 136 Å². The van der Waals surface area contributed by atoms with Gasteiger partial charge in [0, 0.05) is 4.88 Å². The highest BCUT2D eigenvalue weighted by Gasteiger charge is 2.28. The van der Waals surface area contributed by atoms with Gasteiger partial charge in [-0.15, -0.1) is 45.9 Å². The molecule has 0 amide bonds. The standard InChI is InChI=1S/C11H6BrCl3OS2/c12-7-3-1-5(17-7)9(14)10(15)11(16)6-2-4-8(13)18-6/h1-4,9-10H/t9-,10+/m1/s1. The minimum absolute atomic E-state index is 0.196. The highest BCUT2D eigenvalue weighted by atomic mass is 79.9. The number of ketones is 1. The maximum atomic E-state index is 12.1. The molecule has 0 saturated heterocycles. The first-order chi connectivity index (χ1) is 8.49. The van der Waals surface area contributed by atoms with Crippen molar-refractivity contribution in [2.24, 2.45) is 0 Å². The fraction of sp³-hybridized carbons (Fsp3) is 0.182. The Balaban J connectivity index is 2.16. The lowest BCUT2D eigenvalue weighted by atomic mass is 10.1. The number of carbonyl (C=O) groups is 1. The van der Waals surface area contributed by atoms with Crippen molar-refractivity contribution in [1.82, 2.24) is 0 Å². The van der Waals surface area contributed by atoms with Gasteiger partial charge in [-0.1, -0.05) is 11.6 Å². The van der Waals surface area contributed by atoms with E-state index >= 15 is 0 Å². The number of thiophene rings is 2. The van der Waals surface area contributed by atoms with Crippen LogP contribution in [0.25, 0.3) is 0 Å².